The van der Waals surface area contributed by atoms with Gasteiger partial charge in [-0.05, 0) is 43.1 Å². The van der Waals surface area contributed by atoms with Crippen molar-refractivity contribution >= 4 is 22.9 Å². The van der Waals surface area contributed by atoms with Crippen LogP contribution in [0, 0.1) is 5.82 Å². The first-order valence-corrected chi connectivity index (χ1v) is 8.19. The second-order valence-corrected chi connectivity index (χ2v) is 6.19. The lowest BCUT2D eigenvalue weighted by Gasteiger charge is -2.18. The number of halogens is 2. The summed E-state index contributed by atoms with van der Waals surface area (Å²) >= 11 is 7.79. The average Bonchev–Trinajstić information content (AvgIpc) is 2.94. The minimum Gasteiger partial charge on any atom is -0.496 e. The van der Waals surface area contributed by atoms with E-state index in [0.29, 0.717) is 5.02 Å². The number of ether oxygens (including phenoxy) is 1. The molecule has 21 heavy (non-hydrogen) atoms. The molecule has 0 radical (unpaired) electrons. The van der Waals surface area contributed by atoms with Crippen LogP contribution in [0.15, 0.2) is 29.6 Å². The standard InChI is InChI=1S/C16H19ClFNOS/c1-3-6-19-15(16-9-13(20-2)10-21-16)7-11-4-5-12(18)8-14(11)17/h4-5,8-10,15,19H,3,6-7H2,1-2H3. The van der Waals surface area contributed by atoms with Crippen LogP contribution in [0.3, 0.4) is 0 Å². The van der Waals surface area contributed by atoms with Crippen LogP contribution in [0.25, 0.3) is 0 Å². The number of hydrogen-bond acceptors (Lipinski definition) is 3. The third-order valence-corrected chi connectivity index (χ3v) is 4.63. The third-order valence-electron chi connectivity index (χ3n) is 3.25. The van der Waals surface area contributed by atoms with Gasteiger partial charge < -0.3 is 10.1 Å². The van der Waals surface area contributed by atoms with Crippen LogP contribution >= 0.6 is 22.9 Å². The largest absolute Gasteiger partial charge is 0.496 e. The van der Waals surface area contributed by atoms with Gasteiger partial charge in [-0.25, -0.2) is 4.39 Å². The molecule has 2 aromatic rings. The SMILES string of the molecule is CCCNC(Cc1ccc(F)cc1Cl)c1cc(OC)cs1. The molecule has 2 rings (SSSR count). The van der Waals surface area contributed by atoms with E-state index in [-0.39, 0.29) is 11.9 Å². The van der Waals surface area contributed by atoms with Crippen LogP contribution in [0.4, 0.5) is 4.39 Å². The van der Waals surface area contributed by atoms with Crippen molar-refractivity contribution in [3.63, 3.8) is 0 Å². The van der Waals surface area contributed by atoms with Crippen LogP contribution in [0.5, 0.6) is 5.75 Å². The van der Waals surface area contributed by atoms with E-state index in [1.807, 2.05) is 11.4 Å². The van der Waals surface area contributed by atoms with Gasteiger partial charge in [-0.1, -0.05) is 24.6 Å². The van der Waals surface area contributed by atoms with Crippen molar-refractivity contribution in [3.05, 3.63) is 50.9 Å². The lowest BCUT2D eigenvalue weighted by atomic mass is 10.0. The molecule has 1 unspecified atom stereocenters. The first-order valence-electron chi connectivity index (χ1n) is 6.93. The van der Waals surface area contributed by atoms with Gasteiger partial charge in [0.15, 0.2) is 0 Å². The molecule has 5 heteroatoms. The number of methoxy groups -OCH3 is 1. The average molecular weight is 328 g/mol. The van der Waals surface area contributed by atoms with Crippen LogP contribution in [-0.4, -0.2) is 13.7 Å². The Hall–Kier alpha value is -1.10. The predicted octanol–water partition coefficient (Wildman–Crippen LogP) is 4.83. The van der Waals surface area contributed by atoms with E-state index in [0.717, 1.165) is 30.7 Å². The highest BCUT2D eigenvalue weighted by molar-refractivity contribution is 7.10. The van der Waals surface area contributed by atoms with E-state index in [1.165, 1.54) is 17.0 Å². The Kier molecular flexibility index (Phi) is 6.03. The number of rotatable bonds is 7. The van der Waals surface area contributed by atoms with Gasteiger partial charge in [0, 0.05) is 21.3 Å². The van der Waals surface area contributed by atoms with Crippen LogP contribution in [0.1, 0.15) is 29.8 Å². The van der Waals surface area contributed by atoms with Crippen LogP contribution < -0.4 is 10.1 Å². The zero-order chi connectivity index (χ0) is 15.2. The van der Waals surface area contributed by atoms with Crippen LogP contribution in [0.2, 0.25) is 5.02 Å². The maximum absolute atomic E-state index is 13.1. The van der Waals surface area contributed by atoms with Crippen molar-refractivity contribution in [1.82, 2.24) is 5.32 Å². The molecular formula is C16H19ClFNOS. The van der Waals surface area contributed by atoms with Crippen molar-refractivity contribution in [2.24, 2.45) is 0 Å². The van der Waals surface area contributed by atoms with Crippen molar-refractivity contribution in [2.45, 2.75) is 25.8 Å². The van der Waals surface area contributed by atoms with Gasteiger partial charge in [0.05, 0.1) is 7.11 Å². The van der Waals surface area contributed by atoms with Crippen molar-refractivity contribution in [2.75, 3.05) is 13.7 Å². The summed E-state index contributed by atoms with van der Waals surface area (Å²) in [5.74, 6) is 0.558. The fourth-order valence-corrected chi connectivity index (χ4v) is 3.30. The van der Waals surface area contributed by atoms with Gasteiger partial charge >= 0.3 is 0 Å². The van der Waals surface area contributed by atoms with E-state index in [1.54, 1.807) is 24.5 Å². The van der Waals surface area contributed by atoms with Crippen molar-refractivity contribution in [3.8, 4) is 5.75 Å². The summed E-state index contributed by atoms with van der Waals surface area (Å²) in [5.41, 5.74) is 0.944. The lowest BCUT2D eigenvalue weighted by molar-refractivity contribution is 0.415. The highest BCUT2D eigenvalue weighted by atomic mass is 35.5. The molecule has 1 N–H and O–H groups in total. The molecular weight excluding hydrogens is 309 g/mol. The minimum absolute atomic E-state index is 0.154. The van der Waals surface area contributed by atoms with E-state index < -0.39 is 0 Å². The van der Waals surface area contributed by atoms with Gasteiger partial charge in [0.2, 0.25) is 0 Å². The normalized spacial score (nSPS) is 12.4. The summed E-state index contributed by atoms with van der Waals surface area (Å²) in [5, 5.41) is 5.98. The number of nitrogens with one attached hydrogen (secondary N) is 1. The second-order valence-electron chi connectivity index (χ2n) is 4.84. The minimum atomic E-state index is -0.306. The fraction of sp³-hybridized carbons (Fsp3) is 0.375. The fourth-order valence-electron chi connectivity index (χ4n) is 2.12. The zero-order valence-electron chi connectivity index (χ0n) is 12.2. The van der Waals surface area contributed by atoms with Gasteiger partial charge in [0.1, 0.15) is 11.6 Å². The molecule has 0 saturated heterocycles. The molecule has 0 spiro atoms. The Balaban J connectivity index is 2.19. The molecule has 1 heterocycles. The van der Waals surface area contributed by atoms with E-state index >= 15 is 0 Å². The summed E-state index contributed by atoms with van der Waals surface area (Å²) in [6.07, 6.45) is 1.78. The Labute approximate surface area is 133 Å². The molecule has 114 valence electrons. The number of benzene rings is 1. The smallest absolute Gasteiger partial charge is 0.129 e. The second kappa shape index (κ2) is 7.78. The molecule has 0 saturated carbocycles. The Morgan fingerprint density at radius 1 is 1.38 bits per heavy atom. The molecule has 0 aliphatic rings. The summed E-state index contributed by atoms with van der Waals surface area (Å²) in [6, 6.07) is 6.76. The number of hydrogen-bond donors (Lipinski definition) is 1. The quantitative estimate of drug-likeness (QED) is 0.786. The molecule has 0 amide bonds. The Morgan fingerprint density at radius 2 is 2.19 bits per heavy atom. The molecule has 0 aliphatic carbocycles. The molecule has 0 bridgehead atoms. The monoisotopic (exact) mass is 327 g/mol. The zero-order valence-corrected chi connectivity index (χ0v) is 13.7. The van der Waals surface area contributed by atoms with E-state index in [9.17, 15) is 4.39 Å². The van der Waals surface area contributed by atoms with Gasteiger partial charge in [0.25, 0.3) is 0 Å². The maximum Gasteiger partial charge on any atom is 0.129 e. The first kappa shape index (κ1) is 16.3. The summed E-state index contributed by atoms with van der Waals surface area (Å²) in [7, 11) is 1.66. The van der Waals surface area contributed by atoms with Crippen molar-refractivity contribution < 1.29 is 9.13 Å². The van der Waals surface area contributed by atoms with Gasteiger partial charge in [-0.2, -0.15) is 0 Å². The van der Waals surface area contributed by atoms with Gasteiger partial charge in [-0.3, -0.25) is 0 Å². The summed E-state index contributed by atoms with van der Waals surface area (Å²) < 4.78 is 18.4. The molecule has 1 aromatic carbocycles. The topological polar surface area (TPSA) is 21.3 Å². The summed E-state index contributed by atoms with van der Waals surface area (Å²) in [6.45, 7) is 3.05. The summed E-state index contributed by atoms with van der Waals surface area (Å²) in [4.78, 5) is 1.20. The maximum atomic E-state index is 13.1. The van der Waals surface area contributed by atoms with E-state index in [2.05, 4.69) is 12.2 Å². The molecule has 0 aliphatic heterocycles. The first-order chi connectivity index (χ1) is 10.1. The number of thiophene rings is 1. The molecule has 2 nitrogen and oxygen atoms in total. The highest BCUT2D eigenvalue weighted by Gasteiger charge is 2.16. The predicted molar refractivity (Wildman–Crippen MR) is 87.0 cm³/mol. The van der Waals surface area contributed by atoms with Crippen LogP contribution in [-0.2, 0) is 6.42 Å². The molecule has 0 fully saturated rings. The van der Waals surface area contributed by atoms with E-state index in [4.69, 9.17) is 16.3 Å². The van der Waals surface area contributed by atoms with Crippen molar-refractivity contribution in [1.29, 1.82) is 0 Å². The Morgan fingerprint density at radius 3 is 2.81 bits per heavy atom. The third kappa shape index (κ3) is 4.43. The highest BCUT2D eigenvalue weighted by Crippen LogP contribution is 2.30. The Bertz CT molecular complexity index is 587. The lowest BCUT2D eigenvalue weighted by Crippen LogP contribution is -2.23. The van der Waals surface area contributed by atoms with Gasteiger partial charge in [-0.15, -0.1) is 11.3 Å². The molecule has 1 aromatic heterocycles. The molecule has 1 atom stereocenters.